The molecule has 12 heavy (non-hydrogen) atoms. The number of methoxy groups -OCH3 is 2. The number of rotatable bonds is 3. The van der Waals surface area contributed by atoms with Crippen LogP contribution in [0.25, 0.3) is 0 Å². The number of furan rings is 1. The van der Waals surface area contributed by atoms with E-state index in [1.165, 1.54) is 20.3 Å². The van der Waals surface area contributed by atoms with Crippen molar-refractivity contribution in [2.24, 2.45) is 0 Å². The Labute approximate surface area is 68.5 Å². The number of carboxylic acid groups (broad SMARTS) is 1. The molecule has 66 valence electrons. The van der Waals surface area contributed by atoms with E-state index in [1.807, 2.05) is 0 Å². The van der Waals surface area contributed by atoms with Crippen molar-refractivity contribution in [1.29, 1.82) is 0 Å². The molecule has 1 heterocycles. The third-order valence-corrected chi connectivity index (χ3v) is 1.28. The molecule has 0 aliphatic carbocycles. The van der Waals surface area contributed by atoms with Gasteiger partial charge in [-0.2, -0.15) is 0 Å². The molecule has 1 rings (SSSR count). The average Bonchev–Trinajstić information content (AvgIpc) is 2.46. The van der Waals surface area contributed by atoms with Crippen molar-refractivity contribution in [2.45, 2.75) is 0 Å². The summed E-state index contributed by atoms with van der Waals surface area (Å²) in [7, 11) is 2.77. The molecule has 0 bridgehead atoms. The van der Waals surface area contributed by atoms with Crippen molar-refractivity contribution >= 4 is 5.97 Å². The second-order valence-electron chi connectivity index (χ2n) is 1.98. The van der Waals surface area contributed by atoms with Crippen LogP contribution in [0.5, 0.6) is 11.7 Å². The van der Waals surface area contributed by atoms with E-state index in [-0.39, 0.29) is 17.5 Å². The second kappa shape index (κ2) is 3.17. The third-order valence-electron chi connectivity index (χ3n) is 1.28. The molecular weight excluding hydrogens is 164 g/mol. The zero-order valence-corrected chi connectivity index (χ0v) is 6.66. The summed E-state index contributed by atoms with van der Waals surface area (Å²) in [5.41, 5.74) is 0. The van der Waals surface area contributed by atoms with E-state index in [0.29, 0.717) is 0 Å². The average molecular weight is 172 g/mol. The van der Waals surface area contributed by atoms with E-state index in [2.05, 4.69) is 0 Å². The Kier molecular flexibility index (Phi) is 2.23. The summed E-state index contributed by atoms with van der Waals surface area (Å²) in [6, 6.07) is 1.25. The summed E-state index contributed by atoms with van der Waals surface area (Å²) in [6.45, 7) is 0. The predicted octanol–water partition coefficient (Wildman–Crippen LogP) is 0.995. The lowest BCUT2D eigenvalue weighted by atomic mass is 10.4. The van der Waals surface area contributed by atoms with Gasteiger partial charge in [0.15, 0.2) is 0 Å². The van der Waals surface area contributed by atoms with Crippen LogP contribution >= 0.6 is 0 Å². The highest BCUT2D eigenvalue weighted by Gasteiger charge is 2.16. The Morgan fingerprint density at radius 2 is 2.17 bits per heavy atom. The Morgan fingerprint density at radius 1 is 1.50 bits per heavy atom. The monoisotopic (exact) mass is 172 g/mol. The van der Waals surface area contributed by atoms with E-state index < -0.39 is 5.97 Å². The number of aromatic carboxylic acids is 1. The van der Waals surface area contributed by atoms with Crippen molar-refractivity contribution < 1.29 is 23.8 Å². The van der Waals surface area contributed by atoms with Gasteiger partial charge in [-0.15, -0.1) is 0 Å². The van der Waals surface area contributed by atoms with E-state index >= 15 is 0 Å². The zero-order chi connectivity index (χ0) is 9.14. The van der Waals surface area contributed by atoms with Crippen molar-refractivity contribution in [2.75, 3.05) is 14.2 Å². The molecule has 0 atom stereocenters. The van der Waals surface area contributed by atoms with Crippen molar-refractivity contribution in [3.63, 3.8) is 0 Å². The normalized spacial score (nSPS) is 9.50. The third kappa shape index (κ3) is 1.34. The van der Waals surface area contributed by atoms with Crippen LogP contribution in [0.2, 0.25) is 0 Å². The molecule has 0 aliphatic heterocycles. The molecule has 5 heteroatoms. The summed E-state index contributed by atoms with van der Waals surface area (Å²) in [6.07, 6.45) is 0. The van der Waals surface area contributed by atoms with Gasteiger partial charge in [-0.3, -0.25) is 0 Å². The smallest absolute Gasteiger partial charge is 0.372 e. The highest BCUT2D eigenvalue weighted by atomic mass is 16.6. The van der Waals surface area contributed by atoms with Crippen LogP contribution in [-0.4, -0.2) is 25.3 Å². The molecule has 5 nitrogen and oxygen atoms in total. The SMILES string of the molecule is COc1cc(C(=O)O)oc1OC. The molecule has 0 amide bonds. The number of ether oxygens (including phenoxy) is 2. The zero-order valence-electron chi connectivity index (χ0n) is 6.66. The van der Waals surface area contributed by atoms with Crippen LogP contribution in [0.15, 0.2) is 10.5 Å². The molecular formula is C7H8O5. The van der Waals surface area contributed by atoms with Gasteiger partial charge >= 0.3 is 11.9 Å². The van der Waals surface area contributed by atoms with Crippen LogP contribution in [0.4, 0.5) is 0 Å². The fourth-order valence-electron chi connectivity index (χ4n) is 0.748. The topological polar surface area (TPSA) is 68.9 Å². The quantitative estimate of drug-likeness (QED) is 0.736. The minimum absolute atomic E-state index is 0.0647. The van der Waals surface area contributed by atoms with E-state index in [4.69, 9.17) is 19.0 Å². The maximum atomic E-state index is 10.4. The van der Waals surface area contributed by atoms with Crippen molar-refractivity contribution in [3.8, 4) is 11.7 Å². The maximum absolute atomic E-state index is 10.4. The van der Waals surface area contributed by atoms with Crippen molar-refractivity contribution in [3.05, 3.63) is 11.8 Å². The second-order valence-corrected chi connectivity index (χ2v) is 1.98. The Morgan fingerprint density at radius 3 is 2.50 bits per heavy atom. The molecule has 1 N–H and O–H groups in total. The van der Waals surface area contributed by atoms with E-state index in [1.54, 1.807) is 0 Å². The molecule has 1 aromatic rings. The molecule has 0 spiro atoms. The fourth-order valence-corrected chi connectivity index (χ4v) is 0.748. The lowest BCUT2D eigenvalue weighted by molar-refractivity contribution is 0.0656. The standard InChI is InChI=1S/C7H8O5/c1-10-5-3-4(6(8)9)12-7(5)11-2/h3H,1-2H3,(H,8,9). The molecule has 0 saturated carbocycles. The summed E-state index contributed by atoms with van der Waals surface area (Å²) in [4.78, 5) is 10.4. The first kappa shape index (κ1) is 8.45. The van der Waals surface area contributed by atoms with Gasteiger partial charge in [-0.25, -0.2) is 4.79 Å². The van der Waals surface area contributed by atoms with Crippen LogP contribution in [0.1, 0.15) is 10.6 Å². The Hall–Kier alpha value is -1.65. The van der Waals surface area contributed by atoms with E-state index in [9.17, 15) is 4.79 Å². The summed E-state index contributed by atoms with van der Waals surface area (Å²) < 4.78 is 14.3. The highest BCUT2D eigenvalue weighted by Crippen LogP contribution is 2.30. The van der Waals surface area contributed by atoms with Gasteiger partial charge in [0.05, 0.1) is 14.2 Å². The van der Waals surface area contributed by atoms with Gasteiger partial charge in [0.2, 0.25) is 11.5 Å². The van der Waals surface area contributed by atoms with Gasteiger partial charge in [-0.1, -0.05) is 0 Å². The molecule has 0 aliphatic rings. The first-order chi connectivity index (χ1) is 5.69. The summed E-state index contributed by atoms with van der Waals surface area (Å²) in [5, 5.41) is 8.51. The van der Waals surface area contributed by atoms with Gasteiger partial charge in [0.25, 0.3) is 0 Å². The van der Waals surface area contributed by atoms with Crippen LogP contribution in [-0.2, 0) is 0 Å². The minimum atomic E-state index is -1.16. The number of hydrogen-bond donors (Lipinski definition) is 1. The fraction of sp³-hybridized carbons (Fsp3) is 0.286. The van der Waals surface area contributed by atoms with Crippen LogP contribution in [0.3, 0.4) is 0 Å². The predicted molar refractivity (Wildman–Crippen MR) is 38.8 cm³/mol. The van der Waals surface area contributed by atoms with E-state index in [0.717, 1.165) is 0 Å². The molecule has 0 radical (unpaired) electrons. The van der Waals surface area contributed by atoms with Crippen molar-refractivity contribution in [1.82, 2.24) is 0 Å². The Balaban J connectivity index is 3.05. The van der Waals surface area contributed by atoms with Gasteiger partial charge in [0.1, 0.15) is 0 Å². The maximum Gasteiger partial charge on any atom is 0.372 e. The summed E-state index contributed by atoms with van der Waals surface area (Å²) in [5.74, 6) is -1.02. The van der Waals surface area contributed by atoms with Crippen LogP contribution in [0, 0.1) is 0 Å². The number of carbonyl (C=O) groups is 1. The summed E-state index contributed by atoms with van der Waals surface area (Å²) >= 11 is 0. The Bertz CT molecular complexity index is 266. The van der Waals surface area contributed by atoms with Gasteiger partial charge in [0, 0.05) is 6.07 Å². The molecule has 0 aromatic carbocycles. The first-order valence-electron chi connectivity index (χ1n) is 3.14. The van der Waals surface area contributed by atoms with Crippen LogP contribution < -0.4 is 9.47 Å². The lowest BCUT2D eigenvalue weighted by Gasteiger charge is -1.95. The van der Waals surface area contributed by atoms with Gasteiger partial charge in [-0.05, 0) is 0 Å². The van der Waals surface area contributed by atoms with Gasteiger partial charge < -0.3 is 19.0 Å². The minimum Gasteiger partial charge on any atom is -0.490 e. The first-order valence-corrected chi connectivity index (χ1v) is 3.14. The molecule has 1 aromatic heterocycles. The highest BCUT2D eigenvalue weighted by molar-refractivity contribution is 5.85. The largest absolute Gasteiger partial charge is 0.490 e. The number of carboxylic acids is 1. The number of hydrogen-bond acceptors (Lipinski definition) is 4. The molecule has 0 unspecified atom stereocenters. The molecule has 0 fully saturated rings. The molecule has 0 saturated heterocycles. The lowest BCUT2D eigenvalue weighted by Crippen LogP contribution is -1.91.